The second-order valence-corrected chi connectivity index (χ2v) is 8.45. The minimum Gasteiger partial charge on any atom is -0.454 e. The second-order valence-electron chi connectivity index (χ2n) is 8.45. The predicted octanol–water partition coefficient (Wildman–Crippen LogP) is 2.94. The third kappa shape index (κ3) is 3.05. The minimum absolute atomic E-state index is 0.354. The number of anilines is 1. The van der Waals surface area contributed by atoms with Gasteiger partial charge in [0.2, 0.25) is 6.79 Å². The molecule has 4 aliphatic heterocycles. The Balaban J connectivity index is 1.12. The maximum absolute atomic E-state index is 5.53. The first-order valence-corrected chi connectivity index (χ1v) is 10.4. The first-order valence-electron chi connectivity index (χ1n) is 10.4. The molecule has 0 bridgehead atoms. The molecule has 1 aromatic carbocycles. The van der Waals surface area contributed by atoms with Crippen molar-refractivity contribution in [3.05, 3.63) is 18.2 Å². The molecule has 0 N–H and O–H groups in total. The molecule has 0 spiro atoms. The van der Waals surface area contributed by atoms with Gasteiger partial charge in [-0.1, -0.05) is 6.42 Å². The summed E-state index contributed by atoms with van der Waals surface area (Å²) in [4.78, 5) is 8.02. The third-order valence-corrected chi connectivity index (χ3v) is 6.92. The molecule has 3 saturated heterocycles. The van der Waals surface area contributed by atoms with Crippen LogP contribution >= 0.6 is 0 Å². The SMILES string of the molecule is CC1CCCCN1C1CN(C2CCN(c3ccc4c(c3)OCO4)CC2)C1. The number of nitrogens with zero attached hydrogens (tertiary/aromatic N) is 3. The fraction of sp³-hybridized carbons (Fsp3) is 0.714. The predicted molar refractivity (Wildman–Crippen MR) is 103 cm³/mol. The van der Waals surface area contributed by atoms with E-state index < -0.39 is 0 Å². The van der Waals surface area contributed by atoms with Gasteiger partial charge in [-0.15, -0.1) is 0 Å². The Morgan fingerprint density at radius 1 is 0.885 bits per heavy atom. The highest BCUT2D eigenvalue weighted by Gasteiger charge is 2.39. The number of benzene rings is 1. The molecule has 0 aromatic heterocycles. The van der Waals surface area contributed by atoms with Gasteiger partial charge in [0.25, 0.3) is 0 Å². The zero-order chi connectivity index (χ0) is 17.5. The number of fused-ring (bicyclic) bond motifs is 1. The van der Waals surface area contributed by atoms with Gasteiger partial charge < -0.3 is 14.4 Å². The summed E-state index contributed by atoms with van der Waals surface area (Å²) < 4.78 is 11.0. The fourth-order valence-corrected chi connectivity index (χ4v) is 5.23. The van der Waals surface area contributed by atoms with Crippen molar-refractivity contribution < 1.29 is 9.47 Å². The largest absolute Gasteiger partial charge is 0.454 e. The van der Waals surface area contributed by atoms with E-state index in [1.54, 1.807) is 0 Å². The molecule has 142 valence electrons. The Morgan fingerprint density at radius 2 is 1.69 bits per heavy atom. The van der Waals surface area contributed by atoms with Gasteiger partial charge in [0.05, 0.1) is 0 Å². The Kier molecular flexibility index (Phi) is 4.45. The first kappa shape index (κ1) is 16.7. The quantitative estimate of drug-likeness (QED) is 0.829. The van der Waals surface area contributed by atoms with Crippen LogP contribution in [0.1, 0.15) is 39.0 Å². The van der Waals surface area contributed by atoms with Gasteiger partial charge in [0, 0.05) is 56.1 Å². The van der Waals surface area contributed by atoms with E-state index in [0.717, 1.165) is 42.7 Å². The van der Waals surface area contributed by atoms with E-state index in [4.69, 9.17) is 9.47 Å². The monoisotopic (exact) mass is 357 g/mol. The summed E-state index contributed by atoms with van der Waals surface area (Å²) in [5.41, 5.74) is 1.27. The third-order valence-electron chi connectivity index (χ3n) is 6.92. The highest BCUT2D eigenvalue weighted by molar-refractivity contribution is 5.57. The first-order chi connectivity index (χ1) is 12.8. The number of ether oxygens (including phenoxy) is 2. The van der Waals surface area contributed by atoms with E-state index >= 15 is 0 Å². The molecule has 4 heterocycles. The lowest BCUT2D eigenvalue weighted by Gasteiger charge is -2.53. The number of rotatable bonds is 3. The van der Waals surface area contributed by atoms with Crippen molar-refractivity contribution in [1.29, 1.82) is 0 Å². The Hall–Kier alpha value is -1.46. The van der Waals surface area contributed by atoms with Crippen molar-refractivity contribution in [2.75, 3.05) is 44.4 Å². The van der Waals surface area contributed by atoms with Gasteiger partial charge in [0.15, 0.2) is 11.5 Å². The number of hydrogen-bond acceptors (Lipinski definition) is 5. The van der Waals surface area contributed by atoms with Crippen LogP contribution in [0.5, 0.6) is 11.5 Å². The highest BCUT2D eigenvalue weighted by Crippen LogP contribution is 2.37. The van der Waals surface area contributed by atoms with Crippen LogP contribution in [0.3, 0.4) is 0 Å². The van der Waals surface area contributed by atoms with Crippen LogP contribution in [0, 0.1) is 0 Å². The molecule has 1 atom stereocenters. The summed E-state index contributed by atoms with van der Waals surface area (Å²) >= 11 is 0. The van der Waals surface area contributed by atoms with Crippen molar-refractivity contribution in [3.8, 4) is 11.5 Å². The Morgan fingerprint density at radius 3 is 2.50 bits per heavy atom. The lowest BCUT2D eigenvalue weighted by atomic mass is 9.93. The molecular formula is C21H31N3O2. The normalized spacial score (nSPS) is 28.3. The van der Waals surface area contributed by atoms with Crippen molar-refractivity contribution in [2.45, 2.75) is 57.2 Å². The van der Waals surface area contributed by atoms with E-state index in [1.807, 2.05) is 6.07 Å². The summed E-state index contributed by atoms with van der Waals surface area (Å²) in [5, 5.41) is 0. The minimum atomic E-state index is 0.354. The van der Waals surface area contributed by atoms with Crippen LogP contribution in [-0.4, -0.2) is 67.4 Å². The van der Waals surface area contributed by atoms with Crippen LogP contribution in [0.2, 0.25) is 0 Å². The molecule has 4 aliphatic rings. The Bertz CT molecular complexity index is 638. The van der Waals surface area contributed by atoms with Gasteiger partial charge in [0.1, 0.15) is 0 Å². The van der Waals surface area contributed by atoms with E-state index in [2.05, 4.69) is 33.8 Å². The zero-order valence-electron chi connectivity index (χ0n) is 15.9. The van der Waals surface area contributed by atoms with Crippen LogP contribution in [0.4, 0.5) is 5.69 Å². The van der Waals surface area contributed by atoms with Crippen molar-refractivity contribution >= 4 is 5.69 Å². The molecule has 5 nitrogen and oxygen atoms in total. The second kappa shape index (κ2) is 6.93. The molecule has 1 aromatic rings. The lowest BCUT2D eigenvalue weighted by molar-refractivity contribution is -0.0285. The number of piperidine rings is 2. The lowest BCUT2D eigenvalue weighted by Crippen LogP contribution is -2.65. The van der Waals surface area contributed by atoms with Gasteiger partial charge in [-0.3, -0.25) is 9.80 Å². The van der Waals surface area contributed by atoms with Gasteiger partial charge in [-0.2, -0.15) is 0 Å². The topological polar surface area (TPSA) is 28.2 Å². The molecule has 0 radical (unpaired) electrons. The number of likely N-dealkylation sites (tertiary alicyclic amines) is 2. The van der Waals surface area contributed by atoms with Crippen LogP contribution in [0.25, 0.3) is 0 Å². The van der Waals surface area contributed by atoms with Crippen LogP contribution in [0.15, 0.2) is 18.2 Å². The molecule has 5 rings (SSSR count). The van der Waals surface area contributed by atoms with Gasteiger partial charge in [-0.25, -0.2) is 0 Å². The summed E-state index contributed by atoms with van der Waals surface area (Å²) in [6.07, 6.45) is 6.76. The average Bonchev–Trinajstić information content (AvgIpc) is 3.10. The zero-order valence-corrected chi connectivity index (χ0v) is 15.9. The summed E-state index contributed by atoms with van der Waals surface area (Å²) in [5.74, 6) is 1.77. The van der Waals surface area contributed by atoms with Gasteiger partial charge >= 0.3 is 0 Å². The maximum Gasteiger partial charge on any atom is 0.231 e. The molecular weight excluding hydrogens is 326 g/mol. The van der Waals surface area contributed by atoms with Gasteiger partial charge in [-0.05, 0) is 51.3 Å². The molecule has 26 heavy (non-hydrogen) atoms. The van der Waals surface area contributed by atoms with Crippen molar-refractivity contribution in [2.24, 2.45) is 0 Å². The maximum atomic E-state index is 5.53. The summed E-state index contributed by atoms with van der Waals surface area (Å²) in [6, 6.07) is 8.74. The highest BCUT2D eigenvalue weighted by atomic mass is 16.7. The summed E-state index contributed by atoms with van der Waals surface area (Å²) in [6.45, 7) is 8.97. The van der Waals surface area contributed by atoms with E-state index in [9.17, 15) is 0 Å². The van der Waals surface area contributed by atoms with E-state index in [-0.39, 0.29) is 0 Å². The molecule has 5 heteroatoms. The Labute approximate surface area is 156 Å². The van der Waals surface area contributed by atoms with Crippen molar-refractivity contribution in [3.63, 3.8) is 0 Å². The standard InChI is InChI=1S/C21H31N3O2/c1-16-4-2-3-9-24(16)19-13-23(14-19)17-7-10-22(11-8-17)18-5-6-20-21(12-18)26-15-25-20/h5-6,12,16-17,19H,2-4,7-11,13-15H2,1H3. The molecule has 1 unspecified atom stereocenters. The molecule has 0 saturated carbocycles. The van der Waals surface area contributed by atoms with E-state index in [0.29, 0.717) is 6.79 Å². The van der Waals surface area contributed by atoms with Crippen molar-refractivity contribution in [1.82, 2.24) is 9.80 Å². The summed E-state index contributed by atoms with van der Waals surface area (Å²) in [7, 11) is 0. The fourth-order valence-electron chi connectivity index (χ4n) is 5.23. The van der Waals surface area contributed by atoms with Crippen LogP contribution < -0.4 is 14.4 Å². The molecule has 0 aliphatic carbocycles. The average molecular weight is 357 g/mol. The number of hydrogen-bond donors (Lipinski definition) is 0. The van der Waals surface area contributed by atoms with E-state index in [1.165, 1.54) is 57.4 Å². The molecule has 0 amide bonds. The smallest absolute Gasteiger partial charge is 0.231 e. The van der Waals surface area contributed by atoms with Crippen LogP contribution in [-0.2, 0) is 0 Å². The molecule has 3 fully saturated rings.